The van der Waals surface area contributed by atoms with E-state index in [0.717, 1.165) is 6.54 Å². The molecular weight excluding hydrogens is 194 g/mol. The van der Waals surface area contributed by atoms with Gasteiger partial charge >= 0.3 is 0 Å². The van der Waals surface area contributed by atoms with Crippen molar-refractivity contribution in [3.63, 3.8) is 0 Å². The molecule has 1 aromatic carbocycles. The lowest BCUT2D eigenvalue weighted by Gasteiger charge is -2.26. The molecular formula is C15H25N. The van der Waals surface area contributed by atoms with Crippen LogP contribution < -0.4 is 0 Å². The van der Waals surface area contributed by atoms with Gasteiger partial charge in [-0.2, -0.15) is 0 Å². The largest absolute Gasteiger partial charge is 0.299 e. The van der Waals surface area contributed by atoms with E-state index >= 15 is 0 Å². The van der Waals surface area contributed by atoms with Gasteiger partial charge in [0.15, 0.2) is 0 Å². The molecule has 0 N–H and O–H groups in total. The summed E-state index contributed by atoms with van der Waals surface area (Å²) in [6.45, 7) is 9.85. The van der Waals surface area contributed by atoms with E-state index in [4.69, 9.17) is 0 Å². The number of rotatable bonds is 2. The Morgan fingerprint density at radius 3 is 2.06 bits per heavy atom. The van der Waals surface area contributed by atoms with E-state index in [1.54, 1.807) is 0 Å². The van der Waals surface area contributed by atoms with Crippen molar-refractivity contribution < 1.29 is 0 Å². The number of benzene rings is 1. The normalized spacial score (nSPS) is 16.4. The summed E-state index contributed by atoms with van der Waals surface area (Å²) < 4.78 is 0. The molecule has 1 nitrogen and oxygen atoms in total. The lowest BCUT2D eigenvalue weighted by atomic mass is 10.1. The van der Waals surface area contributed by atoms with Crippen molar-refractivity contribution in [1.29, 1.82) is 0 Å². The van der Waals surface area contributed by atoms with Crippen LogP contribution in [0.15, 0.2) is 24.3 Å². The predicted molar refractivity (Wildman–Crippen MR) is 71.7 cm³/mol. The van der Waals surface area contributed by atoms with Crippen LogP contribution in [0.1, 0.15) is 44.2 Å². The maximum atomic E-state index is 2.56. The average molecular weight is 219 g/mol. The van der Waals surface area contributed by atoms with Crippen LogP contribution in [-0.2, 0) is 6.54 Å². The average Bonchev–Trinajstić information content (AvgIpc) is 2.36. The first kappa shape index (κ1) is 13.2. The molecule has 1 fully saturated rings. The quantitative estimate of drug-likeness (QED) is 0.726. The monoisotopic (exact) mass is 219 g/mol. The lowest BCUT2D eigenvalue weighted by molar-refractivity contribution is 0.221. The van der Waals surface area contributed by atoms with Gasteiger partial charge in [0.25, 0.3) is 0 Å². The first-order valence-electron chi connectivity index (χ1n) is 6.62. The van der Waals surface area contributed by atoms with Crippen LogP contribution in [0, 0.1) is 6.92 Å². The minimum absolute atomic E-state index is 1.14. The number of likely N-dealkylation sites (tertiary alicyclic amines) is 1. The molecule has 1 aromatic rings. The zero-order valence-electron chi connectivity index (χ0n) is 11.0. The summed E-state index contributed by atoms with van der Waals surface area (Å²) in [5.41, 5.74) is 2.81. The Kier molecular flexibility index (Phi) is 6.17. The molecule has 0 atom stereocenters. The van der Waals surface area contributed by atoms with Crippen molar-refractivity contribution in [2.45, 2.75) is 46.6 Å². The van der Waals surface area contributed by atoms with Crippen LogP contribution in [-0.4, -0.2) is 18.0 Å². The van der Waals surface area contributed by atoms with Crippen molar-refractivity contribution in [3.05, 3.63) is 35.4 Å². The molecule has 0 aromatic heterocycles. The smallest absolute Gasteiger partial charge is 0.0233 e. The molecule has 0 amide bonds. The molecule has 0 bridgehead atoms. The van der Waals surface area contributed by atoms with Gasteiger partial charge in [0.1, 0.15) is 0 Å². The van der Waals surface area contributed by atoms with E-state index in [0.29, 0.717) is 0 Å². The van der Waals surface area contributed by atoms with E-state index in [1.807, 2.05) is 13.8 Å². The molecule has 16 heavy (non-hydrogen) atoms. The Labute approximate surface area is 100 Å². The maximum Gasteiger partial charge on any atom is 0.0233 e. The number of hydrogen-bond acceptors (Lipinski definition) is 1. The Morgan fingerprint density at radius 1 is 0.938 bits per heavy atom. The second kappa shape index (κ2) is 7.45. The molecule has 90 valence electrons. The molecule has 1 aliphatic heterocycles. The fraction of sp³-hybridized carbons (Fsp3) is 0.600. The summed E-state index contributed by atoms with van der Waals surface area (Å²) in [4.78, 5) is 2.56. The van der Waals surface area contributed by atoms with Gasteiger partial charge in [0, 0.05) is 6.54 Å². The molecule has 0 radical (unpaired) electrons. The fourth-order valence-electron chi connectivity index (χ4n) is 2.07. The summed E-state index contributed by atoms with van der Waals surface area (Å²) in [5, 5.41) is 0. The maximum absolute atomic E-state index is 2.56. The first-order valence-corrected chi connectivity index (χ1v) is 6.62. The number of aryl methyl sites for hydroxylation is 1. The van der Waals surface area contributed by atoms with Gasteiger partial charge in [-0.3, -0.25) is 4.90 Å². The molecule has 0 saturated carbocycles. The second-order valence-corrected chi connectivity index (χ2v) is 4.32. The van der Waals surface area contributed by atoms with Crippen LogP contribution >= 0.6 is 0 Å². The Morgan fingerprint density at radius 2 is 1.50 bits per heavy atom. The highest BCUT2D eigenvalue weighted by molar-refractivity contribution is 5.21. The minimum Gasteiger partial charge on any atom is -0.299 e. The van der Waals surface area contributed by atoms with Gasteiger partial charge in [-0.1, -0.05) is 50.1 Å². The standard InChI is InChI=1S/C13H19N.C2H6/c1-12-5-7-13(8-6-12)11-14-9-3-2-4-10-14;1-2/h5-8H,2-4,9-11H2,1H3;1-2H3. The summed E-state index contributed by atoms with van der Waals surface area (Å²) in [6.07, 6.45) is 4.18. The first-order chi connectivity index (χ1) is 7.84. The van der Waals surface area contributed by atoms with Crippen LogP contribution in [0.2, 0.25) is 0 Å². The van der Waals surface area contributed by atoms with Crippen molar-refractivity contribution in [2.24, 2.45) is 0 Å². The molecule has 1 aliphatic rings. The SMILES string of the molecule is CC.Cc1ccc(CN2CCCCC2)cc1. The van der Waals surface area contributed by atoms with Crippen LogP contribution in [0.4, 0.5) is 0 Å². The minimum atomic E-state index is 1.14. The third kappa shape index (κ3) is 4.36. The third-order valence-electron chi connectivity index (χ3n) is 2.98. The zero-order chi connectivity index (χ0) is 11.8. The van der Waals surface area contributed by atoms with Gasteiger partial charge < -0.3 is 0 Å². The molecule has 1 heterocycles. The highest BCUT2D eigenvalue weighted by atomic mass is 15.1. The summed E-state index contributed by atoms with van der Waals surface area (Å²) in [5.74, 6) is 0. The Hall–Kier alpha value is -0.820. The topological polar surface area (TPSA) is 3.24 Å². The van der Waals surface area contributed by atoms with Crippen LogP contribution in [0.25, 0.3) is 0 Å². The fourth-order valence-corrected chi connectivity index (χ4v) is 2.07. The van der Waals surface area contributed by atoms with Gasteiger partial charge in [0.2, 0.25) is 0 Å². The molecule has 1 saturated heterocycles. The summed E-state index contributed by atoms with van der Waals surface area (Å²) in [7, 11) is 0. The van der Waals surface area contributed by atoms with E-state index in [-0.39, 0.29) is 0 Å². The van der Waals surface area contributed by atoms with Crippen molar-refractivity contribution >= 4 is 0 Å². The van der Waals surface area contributed by atoms with Gasteiger partial charge in [0.05, 0.1) is 0 Å². The molecule has 0 aliphatic carbocycles. The third-order valence-corrected chi connectivity index (χ3v) is 2.98. The van der Waals surface area contributed by atoms with E-state index in [2.05, 4.69) is 36.1 Å². The summed E-state index contributed by atoms with van der Waals surface area (Å²) >= 11 is 0. The second-order valence-electron chi connectivity index (χ2n) is 4.32. The Bertz CT molecular complexity index is 270. The van der Waals surface area contributed by atoms with Crippen molar-refractivity contribution in [1.82, 2.24) is 4.90 Å². The predicted octanol–water partition coefficient (Wildman–Crippen LogP) is 4.01. The van der Waals surface area contributed by atoms with Crippen molar-refractivity contribution in [3.8, 4) is 0 Å². The van der Waals surface area contributed by atoms with Gasteiger partial charge in [-0.25, -0.2) is 0 Å². The molecule has 0 spiro atoms. The molecule has 0 unspecified atom stereocenters. The van der Waals surface area contributed by atoms with Gasteiger partial charge in [-0.15, -0.1) is 0 Å². The van der Waals surface area contributed by atoms with Crippen LogP contribution in [0.5, 0.6) is 0 Å². The lowest BCUT2D eigenvalue weighted by Crippen LogP contribution is -2.28. The number of nitrogens with zero attached hydrogens (tertiary/aromatic N) is 1. The molecule has 1 heteroatoms. The van der Waals surface area contributed by atoms with Crippen LogP contribution in [0.3, 0.4) is 0 Å². The van der Waals surface area contributed by atoms with E-state index in [9.17, 15) is 0 Å². The van der Waals surface area contributed by atoms with Gasteiger partial charge in [-0.05, 0) is 38.4 Å². The van der Waals surface area contributed by atoms with E-state index < -0.39 is 0 Å². The highest BCUT2D eigenvalue weighted by Gasteiger charge is 2.09. The number of piperidine rings is 1. The van der Waals surface area contributed by atoms with Crippen molar-refractivity contribution in [2.75, 3.05) is 13.1 Å². The number of hydrogen-bond donors (Lipinski definition) is 0. The summed E-state index contributed by atoms with van der Waals surface area (Å²) in [6, 6.07) is 8.92. The van der Waals surface area contributed by atoms with E-state index in [1.165, 1.54) is 43.5 Å². The molecule has 2 rings (SSSR count). The Balaban J connectivity index is 0.000000606. The zero-order valence-corrected chi connectivity index (χ0v) is 11.0. The highest BCUT2D eigenvalue weighted by Crippen LogP contribution is 2.13.